The lowest BCUT2D eigenvalue weighted by Crippen LogP contribution is -2.12. The summed E-state index contributed by atoms with van der Waals surface area (Å²) in [6.07, 6.45) is 0. The summed E-state index contributed by atoms with van der Waals surface area (Å²) in [4.78, 5) is 11.9. The molecule has 0 aromatic heterocycles. The lowest BCUT2D eigenvalue weighted by molar-refractivity contribution is 0.102. The Morgan fingerprint density at radius 2 is 1.79 bits per heavy atom. The van der Waals surface area contributed by atoms with Gasteiger partial charge in [-0.05, 0) is 29.8 Å². The van der Waals surface area contributed by atoms with Crippen LogP contribution in [0.4, 0.5) is 5.69 Å². The zero-order valence-corrected chi connectivity index (χ0v) is 10.7. The molecule has 0 saturated heterocycles. The Morgan fingerprint density at radius 3 is 2.42 bits per heavy atom. The summed E-state index contributed by atoms with van der Waals surface area (Å²) >= 11 is 5.67. The number of nitrogens with one attached hydrogen (secondary N) is 1. The van der Waals surface area contributed by atoms with Crippen molar-refractivity contribution in [2.45, 2.75) is 5.88 Å². The molecule has 0 aliphatic carbocycles. The molecule has 0 heterocycles. The fourth-order valence-electron chi connectivity index (χ4n) is 1.59. The van der Waals surface area contributed by atoms with Crippen LogP contribution in [0.3, 0.4) is 0 Å². The predicted octanol–water partition coefficient (Wildman–Crippen LogP) is 3.09. The van der Waals surface area contributed by atoms with Gasteiger partial charge in [0.05, 0.1) is 5.56 Å². The lowest BCUT2D eigenvalue weighted by Gasteiger charge is -2.08. The summed E-state index contributed by atoms with van der Waals surface area (Å²) < 4.78 is 0. The second-order valence-corrected chi connectivity index (χ2v) is 4.23. The second kappa shape index (κ2) is 5.63. The topological polar surface area (TPSA) is 69.6 Å². The minimum Gasteiger partial charge on any atom is -0.504 e. The summed E-state index contributed by atoms with van der Waals surface area (Å²) in [6.45, 7) is 0. The smallest absolute Gasteiger partial charge is 0.259 e. The van der Waals surface area contributed by atoms with E-state index < -0.39 is 11.7 Å². The quantitative estimate of drug-likeness (QED) is 0.596. The van der Waals surface area contributed by atoms with Crippen molar-refractivity contribution in [3.05, 3.63) is 53.6 Å². The van der Waals surface area contributed by atoms with E-state index in [0.29, 0.717) is 11.6 Å². The van der Waals surface area contributed by atoms with Crippen LogP contribution in [0.25, 0.3) is 0 Å². The molecule has 2 aromatic carbocycles. The van der Waals surface area contributed by atoms with E-state index in [9.17, 15) is 15.0 Å². The average molecular weight is 278 g/mol. The first-order chi connectivity index (χ1) is 9.11. The average Bonchev–Trinajstić information content (AvgIpc) is 2.42. The van der Waals surface area contributed by atoms with Crippen LogP contribution in [0.1, 0.15) is 15.9 Å². The molecule has 0 saturated carbocycles. The number of para-hydroxylation sites is 1. The van der Waals surface area contributed by atoms with Gasteiger partial charge in [0.25, 0.3) is 5.91 Å². The molecule has 0 bridgehead atoms. The largest absolute Gasteiger partial charge is 0.504 e. The summed E-state index contributed by atoms with van der Waals surface area (Å²) in [5.74, 6) is -0.851. The standard InChI is InChI=1S/C14H12ClNO3/c15-8-9-4-6-10(7-5-9)16-14(19)11-2-1-3-12(17)13(11)18/h1-7,17-18H,8H2,(H,16,19). The Morgan fingerprint density at radius 1 is 1.11 bits per heavy atom. The van der Waals surface area contributed by atoms with Gasteiger partial charge in [0.2, 0.25) is 0 Å². The van der Waals surface area contributed by atoms with Crippen LogP contribution in [0.15, 0.2) is 42.5 Å². The molecule has 0 atom stereocenters. The highest BCUT2D eigenvalue weighted by molar-refractivity contribution is 6.17. The van der Waals surface area contributed by atoms with E-state index in [1.165, 1.54) is 18.2 Å². The number of hydrogen-bond donors (Lipinski definition) is 3. The van der Waals surface area contributed by atoms with E-state index in [-0.39, 0.29) is 11.3 Å². The summed E-state index contributed by atoms with van der Waals surface area (Å²) in [5, 5.41) is 21.6. The number of phenolic OH excluding ortho intramolecular Hbond substituents is 2. The Hall–Kier alpha value is -2.20. The number of aromatic hydroxyl groups is 2. The molecular formula is C14H12ClNO3. The van der Waals surface area contributed by atoms with Gasteiger partial charge in [-0.2, -0.15) is 0 Å². The van der Waals surface area contributed by atoms with Crippen molar-refractivity contribution >= 4 is 23.2 Å². The first-order valence-electron chi connectivity index (χ1n) is 5.59. The van der Waals surface area contributed by atoms with Gasteiger partial charge in [-0.25, -0.2) is 0 Å². The third-order valence-corrected chi connectivity index (χ3v) is 2.93. The zero-order chi connectivity index (χ0) is 13.8. The van der Waals surface area contributed by atoms with Gasteiger partial charge in [-0.15, -0.1) is 11.6 Å². The summed E-state index contributed by atoms with van der Waals surface area (Å²) in [7, 11) is 0. The Labute approximate surface area is 115 Å². The van der Waals surface area contributed by atoms with Crippen molar-refractivity contribution in [3.63, 3.8) is 0 Å². The minimum absolute atomic E-state index is 0.0152. The number of carbonyl (C=O) groups is 1. The molecular weight excluding hydrogens is 266 g/mol. The highest BCUT2D eigenvalue weighted by atomic mass is 35.5. The van der Waals surface area contributed by atoms with Gasteiger partial charge >= 0.3 is 0 Å². The number of anilines is 1. The highest BCUT2D eigenvalue weighted by Crippen LogP contribution is 2.28. The summed E-state index contributed by atoms with van der Waals surface area (Å²) in [6, 6.07) is 11.3. The van der Waals surface area contributed by atoms with E-state index >= 15 is 0 Å². The molecule has 1 amide bonds. The highest BCUT2D eigenvalue weighted by Gasteiger charge is 2.13. The van der Waals surface area contributed by atoms with Crippen LogP contribution in [-0.2, 0) is 5.88 Å². The molecule has 0 spiro atoms. The fourth-order valence-corrected chi connectivity index (χ4v) is 1.77. The molecule has 0 unspecified atom stereocenters. The van der Waals surface area contributed by atoms with Gasteiger partial charge in [0.15, 0.2) is 11.5 Å². The number of halogens is 1. The van der Waals surface area contributed by atoms with Gasteiger partial charge in [-0.3, -0.25) is 4.79 Å². The molecule has 19 heavy (non-hydrogen) atoms. The molecule has 2 aromatic rings. The Bertz CT molecular complexity index is 596. The fraction of sp³-hybridized carbons (Fsp3) is 0.0714. The van der Waals surface area contributed by atoms with Crippen LogP contribution >= 0.6 is 11.6 Å². The van der Waals surface area contributed by atoms with Gasteiger partial charge in [0.1, 0.15) is 0 Å². The molecule has 98 valence electrons. The number of carbonyl (C=O) groups excluding carboxylic acids is 1. The first kappa shape index (κ1) is 13.2. The molecule has 3 N–H and O–H groups in total. The van der Waals surface area contributed by atoms with Gasteiger partial charge in [0, 0.05) is 11.6 Å². The molecule has 0 fully saturated rings. The van der Waals surface area contributed by atoms with Crippen LogP contribution < -0.4 is 5.32 Å². The second-order valence-electron chi connectivity index (χ2n) is 3.96. The van der Waals surface area contributed by atoms with Gasteiger partial charge < -0.3 is 15.5 Å². The maximum Gasteiger partial charge on any atom is 0.259 e. The van der Waals surface area contributed by atoms with Crippen molar-refractivity contribution in [1.29, 1.82) is 0 Å². The first-order valence-corrected chi connectivity index (χ1v) is 6.12. The molecule has 5 heteroatoms. The maximum atomic E-state index is 11.9. The molecule has 0 radical (unpaired) electrons. The van der Waals surface area contributed by atoms with Crippen LogP contribution in [0.2, 0.25) is 0 Å². The summed E-state index contributed by atoms with van der Waals surface area (Å²) in [5.41, 5.74) is 1.54. The van der Waals surface area contributed by atoms with Crippen molar-refractivity contribution < 1.29 is 15.0 Å². The number of benzene rings is 2. The van der Waals surface area contributed by atoms with Crippen LogP contribution in [0.5, 0.6) is 11.5 Å². The lowest BCUT2D eigenvalue weighted by atomic mass is 10.1. The van der Waals surface area contributed by atoms with E-state index in [1.807, 2.05) is 0 Å². The molecule has 4 nitrogen and oxygen atoms in total. The van der Waals surface area contributed by atoms with Crippen LogP contribution in [0, 0.1) is 0 Å². The maximum absolute atomic E-state index is 11.9. The van der Waals surface area contributed by atoms with E-state index in [4.69, 9.17) is 11.6 Å². The number of amides is 1. The van der Waals surface area contributed by atoms with Gasteiger partial charge in [-0.1, -0.05) is 18.2 Å². The zero-order valence-electron chi connectivity index (χ0n) is 9.93. The Balaban J connectivity index is 2.18. The number of alkyl halides is 1. The van der Waals surface area contributed by atoms with Crippen molar-refractivity contribution in [1.82, 2.24) is 0 Å². The van der Waals surface area contributed by atoms with Crippen molar-refractivity contribution in [2.24, 2.45) is 0 Å². The SMILES string of the molecule is O=C(Nc1ccc(CCl)cc1)c1cccc(O)c1O. The predicted molar refractivity (Wildman–Crippen MR) is 73.7 cm³/mol. The van der Waals surface area contributed by atoms with E-state index in [1.54, 1.807) is 24.3 Å². The third kappa shape index (κ3) is 2.98. The Kier molecular flexibility index (Phi) is 3.92. The number of phenols is 2. The van der Waals surface area contributed by atoms with Crippen molar-refractivity contribution in [3.8, 4) is 11.5 Å². The van der Waals surface area contributed by atoms with E-state index in [2.05, 4.69) is 5.32 Å². The number of rotatable bonds is 3. The third-order valence-electron chi connectivity index (χ3n) is 2.63. The van der Waals surface area contributed by atoms with Crippen LogP contribution in [-0.4, -0.2) is 16.1 Å². The minimum atomic E-state index is -0.493. The normalized spacial score (nSPS) is 10.2. The molecule has 0 aliphatic heterocycles. The van der Waals surface area contributed by atoms with Crippen molar-refractivity contribution in [2.75, 3.05) is 5.32 Å². The van der Waals surface area contributed by atoms with E-state index in [0.717, 1.165) is 5.56 Å². The number of hydrogen-bond acceptors (Lipinski definition) is 3. The molecule has 2 rings (SSSR count). The monoisotopic (exact) mass is 277 g/mol. The molecule has 0 aliphatic rings.